The van der Waals surface area contributed by atoms with Crippen LogP contribution in [0, 0.1) is 5.82 Å². The van der Waals surface area contributed by atoms with Gasteiger partial charge in [-0.15, -0.1) is 0 Å². The Labute approximate surface area is 116 Å². The van der Waals surface area contributed by atoms with E-state index in [2.05, 4.69) is 9.97 Å². The maximum atomic E-state index is 12.8. The van der Waals surface area contributed by atoms with Crippen molar-refractivity contribution in [3.63, 3.8) is 0 Å². The van der Waals surface area contributed by atoms with Crippen LogP contribution in [0.2, 0.25) is 0 Å². The number of methoxy groups -OCH3 is 1. The highest BCUT2D eigenvalue weighted by atomic mass is 19.1. The van der Waals surface area contributed by atoms with Gasteiger partial charge in [0, 0.05) is 19.3 Å². The molecule has 0 aliphatic carbocycles. The second kappa shape index (κ2) is 6.29. The first-order valence-corrected chi connectivity index (χ1v) is 6.12. The molecule has 0 fully saturated rings. The number of hydrogen-bond donors (Lipinski definition) is 1. The van der Waals surface area contributed by atoms with E-state index >= 15 is 0 Å². The Morgan fingerprint density at radius 3 is 2.65 bits per heavy atom. The summed E-state index contributed by atoms with van der Waals surface area (Å²) >= 11 is 0. The van der Waals surface area contributed by atoms with Gasteiger partial charge in [0.1, 0.15) is 5.82 Å². The van der Waals surface area contributed by atoms with Gasteiger partial charge in [0.25, 0.3) is 0 Å². The number of aromatic nitrogens is 2. The van der Waals surface area contributed by atoms with Crippen molar-refractivity contribution in [1.29, 1.82) is 0 Å². The Hall–Kier alpha value is -2.21. The maximum absolute atomic E-state index is 12.8. The lowest BCUT2D eigenvalue weighted by Crippen LogP contribution is -2.26. The molecule has 1 heterocycles. The highest BCUT2D eigenvalue weighted by Gasteiger charge is 2.13. The minimum atomic E-state index is -0.754. The van der Waals surface area contributed by atoms with Crippen LogP contribution in [0.1, 0.15) is 11.7 Å². The number of ether oxygens (including phenoxy) is 1. The van der Waals surface area contributed by atoms with Gasteiger partial charge in [-0.3, -0.25) is 0 Å². The highest BCUT2D eigenvalue weighted by Crippen LogP contribution is 2.17. The summed E-state index contributed by atoms with van der Waals surface area (Å²) in [7, 11) is 3.29. The van der Waals surface area contributed by atoms with Crippen molar-refractivity contribution >= 4 is 5.95 Å². The Balaban J connectivity index is 2.06. The van der Waals surface area contributed by atoms with Crippen LogP contribution in [0.3, 0.4) is 0 Å². The molecule has 2 rings (SSSR count). The molecule has 0 bridgehead atoms. The Morgan fingerprint density at radius 2 is 2.00 bits per heavy atom. The lowest BCUT2D eigenvalue weighted by atomic mass is 10.1. The second-order valence-corrected chi connectivity index (χ2v) is 4.35. The number of aliphatic hydroxyl groups excluding tert-OH is 1. The average molecular weight is 277 g/mol. The third kappa shape index (κ3) is 3.42. The number of anilines is 1. The number of likely N-dealkylation sites (N-methyl/N-ethyl adjacent to an activating group) is 1. The molecule has 0 amide bonds. The Kier molecular flexibility index (Phi) is 4.47. The zero-order valence-electron chi connectivity index (χ0n) is 11.3. The molecule has 0 aliphatic heterocycles. The summed E-state index contributed by atoms with van der Waals surface area (Å²) in [5.74, 6) is 0.578. The van der Waals surface area contributed by atoms with E-state index in [9.17, 15) is 9.50 Å². The van der Waals surface area contributed by atoms with Crippen molar-refractivity contribution in [2.75, 3.05) is 25.6 Å². The lowest BCUT2D eigenvalue weighted by molar-refractivity contribution is 0.184. The van der Waals surface area contributed by atoms with Gasteiger partial charge in [0.05, 0.1) is 19.8 Å². The fraction of sp³-hybridized carbons (Fsp3) is 0.286. The standard InChI is InChI=1S/C14H16FN3O2/c1-18(14-16-8-7-13(17-14)20-2)9-12(19)10-3-5-11(15)6-4-10/h3-8,12,19H,9H2,1-2H3/t12-/m0/s1. The van der Waals surface area contributed by atoms with Gasteiger partial charge in [-0.25, -0.2) is 9.37 Å². The first kappa shape index (κ1) is 14.2. The van der Waals surface area contributed by atoms with Gasteiger partial charge in [0.2, 0.25) is 11.8 Å². The first-order chi connectivity index (χ1) is 9.60. The van der Waals surface area contributed by atoms with Gasteiger partial charge in [-0.2, -0.15) is 4.98 Å². The first-order valence-electron chi connectivity index (χ1n) is 6.12. The van der Waals surface area contributed by atoms with Crippen LogP contribution in [0.5, 0.6) is 5.88 Å². The molecule has 0 unspecified atom stereocenters. The van der Waals surface area contributed by atoms with Crippen molar-refractivity contribution in [3.05, 3.63) is 47.9 Å². The van der Waals surface area contributed by atoms with Gasteiger partial charge in [-0.1, -0.05) is 12.1 Å². The predicted molar refractivity (Wildman–Crippen MR) is 73.2 cm³/mol. The highest BCUT2D eigenvalue weighted by molar-refractivity contribution is 5.32. The van der Waals surface area contributed by atoms with Gasteiger partial charge in [0.15, 0.2) is 0 Å². The fourth-order valence-corrected chi connectivity index (χ4v) is 1.76. The van der Waals surface area contributed by atoms with Crippen molar-refractivity contribution in [2.24, 2.45) is 0 Å². The summed E-state index contributed by atoms with van der Waals surface area (Å²) in [5.41, 5.74) is 0.640. The number of benzene rings is 1. The third-order valence-corrected chi connectivity index (χ3v) is 2.87. The minimum Gasteiger partial charge on any atom is -0.481 e. The van der Waals surface area contributed by atoms with Gasteiger partial charge >= 0.3 is 0 Å². The van der Waals surface area contributed by atoms with Crippen molar-refractivity contribution in [3.8, 4) is 5.88 Å². The summed E-state index contributed by atoms with van der Waals surface area (Å²) in [6.45, 7) is 0.290. The van der Waals surface area contributed by atoms with E-state index in [0.717, 1.165) is 0 Å². The zero-order valence-corrected chi connectivity index (χ0v) is 11.3. The molecule has 6 heteroatoms. The van der Waals surface area contributed by atoms with Crippen LogP contribution < -0.4 is 9.64 Å². The number of halogens is 1. The molecule has 1 aromatic carbocycles. The smallest absolute Gasteiger partial charge is 0.228 e. The van der Waals surface area contributed by atoms with Crippen LogP contribution in [0.15, 0.2) is 36.5 Å². The molecule has 1 aromatic heterocycles. The number of rotatable bonds is 5. The number of nitrogens with zero attached hydrogens (tertiary/aromatic N) is 3. The fourth-order valence-electron chi connectivity index (χ4n) is 1.76. The molecule has 0 saturated heterocycles. The van der Waals surface area contributed by atoms with E-state index in [1.807, 2.05) is 0 Å². The van der Waals surface area contributed by atoms with Gasteiger partial charge < -0.3 is 14.7 Å². The monoisotopic (exact) mass is 277 g/mol. The third-order valence-electron chi connectivity index (χ3n) is 2.87. The van der Waals surface area contributed by atoms with E-state index in [-0.39, 0.29) is 5.82 Å². The van der Waals surface area contributed by atoms with E-state index in [0.29, 0.717) is 23.9 Å². The number of hydrogen-bond acceptors (Lipinski definition) is 5. The molecule has 0 radical (unpaired) electrons. The molecular formula is C14H16FN3O2. The van der Waals surface area contributed by atoms with Crippen LogP contribution in [-0.2, 0) is 0 Å². The molecule has 2 aromatic rings. The molecule has 0 spiro atoms. The molecule has 106 valence electrons. The minimum absolute atomic E-state index is 0.290. The summed E-state index contributed by atoms with van der Waals surface area (Å²) in [5, 5.41) is 10.1. The Bertz CT molecular complexity index is 563. The largest absolute Gasteiger partial charge is 0.481 e. The molecule has 20 heavy (non-hydrogen) atoms. The van der Waals surface area contributed by atoms with Crippen molar-refractivity contribution in [2.45, 2.75) is 6.10 Å². The summed E-state index contributed by atoms with van der Waals surface area (Å²) in [4.78, 5) is 9.99. The topological polar surface area (TPSA) is 58.5 Å². The van der Waals surface area contributed by atoms with E-state index < -0.39 is 6.10 Å². The summed E-state index contributed by atoms with van der Waals surface area (Å²) in [6.07, 6.45) is 0.831. The average Bonchev–Trinajstić information content (AvgIpc) is 2.47. The lowest BCUT2D eigenvalue weighted by Gasteiger charge is -2.21. The SMILES string of the molecule is COc1ccnc(N(C)C[C@H](O)c2ccc(F)cc2)n1. The summed E-state index contributed by atoms with van der Waals surface area (Å²) in [6, 6.07) is 7.40. The normalized spacial score (nSPS) is 12.0. The molecule has 1 atom stereocenters. The molecule has 0 saturated carbocycles. The van der Waals surface area contributed by atoms with E-state index in [1.165, 1.54) is 19.2 Å². The van der Waals surface area contributed by atoms with Crippen molar-refractivity contribution < 1.29 is 14.2 Å². The van der Waals surface area contributed by atoms with Crippen LogP contribution in [-0.4, -0.2) is 35.8 Å². The van der Waals surface area contributed by atoms with Crippen LogP contribution in [0.4, 0.5) is 10.3 Å². The maximum Gasteiger partial charge on any atom is 0.228 e. The zero-order chi connectivity index (χ0) is 14.5. The van der Waals surface area contributed by atoms with E-state index in [4.69, 9.17) is 4.74 Å². The molecule has 5 nitrogen and oxygen atoms in total. The van der Waals surface area contributed by atoms with Crippen LogP contribution >= 0.6 is 0 Å². The molecule has 0 aliphatic rings. The second-order valence-electron chi connectivity index (χ2n) is 4.35. The molecular weight excluding hydrogens is 261 g/mol. The quantitative estimate of drug-likeness (QED) is 0.903. The van der Waals surface area contributed by atoms with Crippen molar-refractivity contribution in [1.82, 2.24) is 9.97 Å². The van der Waals surface area contributed by atoms with Crippen LogP contribution in [0.25, 0.3) is 0 Å². The van der Waals surface area contributed by atoms with E-state index in [1.54, 1.807) is 36.3 Å². The van der Waals surface area contributed by atoms with Gasteiger partial charge in [-0.05, 0) is 17.7 Å². The number of aliphatic hydroxyl groups is 1. The summed E-state index contributed by atoms with van der Waals surface area (Å²) < 4.78 is 17.9. The predicted octanol–water partition coefficient (Wildman–Crippen LogP) is 1.79. The Morgan fingerprint density at radius 1 is 1.30 bits per heavy atom. The molecule has 1 N–H and O–H groups in total.